The highest BCUT2D eigenvalue weighted by molar-refractivity contribution is 7.10. The quantitative estimate of drug-likeness (QED) is 0.810. The Kier molecular flexibility index (Phi) is 2.48. The minimum absolute atomic E-state index is 0.267. The molecule has 21 heavy (non-hydrogen) atoms. The lowest BCUT2D eigenvalue weighted by atomic mass is 10.0. The van der Waals surface area contributed by atoms with E-state index in [1.807, 2.05) is 17.5 Å². The number of aromatic nitrogens is 2. The van der Waals surface area contributed by atoms with Crippen molar-refractivity contribution in [3.05, 3.63) is 28.1 Å². The molecular formula is C15H13N3OS2. The van der Waals surface area contributed by atoms with Gasteiger partial charge in [-0.25, -0.2) is 0 Å². The molecule has 4 fully saturated rings. The molecule has 4 bridgehead atoms. The summed E-state index contributed by atoms with van der Waals surface area (Å²) >= 11 is 2.91. The molecule has 1 saturated carbocycles. The van der Waals surface area contributed by atoms with Crippen molar-refractivity contribution in [3.63, 3.8) is 0 Å². The van der Waals surface area contributed by atoms with Crippen LogP contribution in [0, 0.1) is 23.7 Å². The number of thiophene rings is 1. The number of piperidine rings is 3. The van der Waals surface area contributed by atoms with E-state index < -0.39 is 0 Å². The lowest BCUT2D eigenvalue weighted by molar-refractivity contribution is 0.348. The Morgan fingerprint density at radius 3 is 3.00 bits per heavy atom. The van der Waals surface area contributed by atoms with E-state index >= 15 is 0 Å². The first-order valence-electron chi connectivity index (χ1n) is 7.08. The van der Waals surface area contributed by atoms with E-state index in [-0.39, 0.29) is 5.41 Å². The summed E-state index contributed by atoms with van der Waals surface area (Å²) in [6.07, 6.45) is 0. The van der Waals surface area contributed by atoms with Crippen molar-refractivity contribution >= 4 is 23.1 Å². The van der Waals surface area contributed by atoms with Crippen LogP contribution in [0.2, 0.25) is 0 Å². The molecule has 4 nitrogen and oxygen atoms in total. The fourth-order valence-electron chi connectivity index (χ4n) is 4.11. The van der Waals surface area contributed by atoms with Gasteiger partial charge < -0.3 is 9.64 Å². The van der Waals surface area contributed by atoms with Gasteiger partial charge in [0, 0.05) is 25.0 Å². The summed E-state index contributed by atoms with van der Waals surface area (Å²) in [5.41, 5.74) is 1.36. The van der Waals surface area contributed by atoms with Gasteiger partial charge >= 0.3 is 0 Å². The second-order valence-electron chi connectivity index (χ2n) is 5.93. The van der Waals surface area contributed by atoms with Crippen LogP contribution < -0.4 is 4.74 Å². The first-order valence-corrected chi connectivity index (χ1v) is 8.69. The molecule has 0 amide bonds. The van der Waals surface area contributed by atoms with Crippen LogP contribution in [0.1, 0.15) is 10.6 Å². The van der Waals surface area contributed by atoms with E-state index in [4.69, 9.17) is 4.74 Å². The van der Waals surface area contributed by atoms with Gasteiger partial charge in [-0.1, -0.05) is 17.9 Å². The summed E-state index contributed by atoms with van der Waals surface area (Å²) in [4.78, 5) is 3.61. The van der Waals surface area contributed by atoms with Crippen LogP contribution >= 0.6 is 23.1 Å². The molecule has 6 heteroatoms. The summed E-state index contributed by atoms with van der Waals surface area (Å²) in [6.45, 7) is 4.00. The number of ether oxygens (including phenoxy) is 1. The maximum absolute atomic E-state index is 5.80. The van der Waals surface area contributed by atoms with Crippen molar-refractivity contribution in [2.24, 2.45) is 11.8 Å². The molecule has 2 aromatic heterocycles. The van der Waals surface area contributed by atoms with Gasteiger partial charge in [0.2, 0.25) is 0 Å². The molecule has 1 aliphatic carbocycles. The van der Waals surface area contributed by atoms with Crippen LogP contribution in [0.3, 0.4) is 0 Å². The Labute approximate surface area is 131 Å². The van der Waals surface area contributed by atoms with E-state index in [1.54, 1.807) is 11.3 Å². The van der Waals surface area contributed by atoms with E-state index in [9.17, 15) is 0 Å². The number of nitrogens with zero attached hydrogens (tertiary/aromatic N) is 3. The van der Waals surface area contributed by atoms with Crippen LogP contribution in [0.15, 0.2) is 17.5 Å². The van der Waals surface area contributed by atoms with Crippen molar-refractivity contribution in [1.82, 2.24) is 13.6 Å². The molecule has 6 rings (SSSR count). The van der Waals surface area contributed by atoms with Crippen molar-refractivity contribution in [2.75, 3.05) is 26.2 Å². The lowest BCUT2D eigenvalue weighted by Crippen LogP contribution is -2.17. The third-order valence-corrected chi connectivity index (χ3v) is 6.31. The zero-order valence-corrected chi connectivity index (χ0v) is 12.9. The SMILES string of the molecule is C(#Cc1cccs1)COc1nsnc1C12CN3CC1C2C3. The van der Waals surface area contributed by atoms with Gasteiger partial charge in [-0.2, -0.15) is 4.37 Å². The van der Waals surface area contributed by atoms with Crippen LogP contribution in [0.5, 0.6) is 5.88 Å². The average Bonchev–Trinajstić information content (AvgIpc) is 3.16. The highest BCUT2D eigenvalue weighted by atomic mass is 32.1. The Morgan fingerprint density at radius 2 is 2.29 bits per heavy atom. The summed E-state index contributed by atoms with van der Waals surface area (Å²) in [5.74, 6) is 8.46. The second-order valence-corrected chi connectivity index (χ2v) is 7.41. The predicted octanol–water partition coefficient (Wildman–Crippen LogP) is 1.84. The standard InChI is InChI=1S/C15H13N3OS2/c1(3-10-4-2-6-20-10)5-19-14-13(16-21-17-14)15-9-18-7-11(15)12(15)8-18/h2,4,6,11-12H,5,7-9H2. The summed E-state index contributed by atoms with van der Waals surface area (Å²) < 4.78 is 14.7. The molecule has 3 saturated heterocycles. The van der Waals surface area contributed by atoms with Crippen LogP contribution in [-0.4, -0.2) is 39.9 Å². The number of hydrogen-bond acceptors (Lipinski definition) is 6. The van der Waals surface area contributed by atoms with Gasteiger partial charge in [-0.3, -0.25) is 0 Å². The van der Waals surface area contributed by atoms with E-state index in [2.05, 4.69) is 25.5 Å². The van der Waals surface area contributed by atoms with Gasteiger partial charge in [0.15, 0.2) is 6.61 Å². The Bertz CT molecular complexity index is 731. The first kappa shape index (κ1) is 12.2. The third-order valence-electron chi connectivity index (χ3n) is 5.01. The third kappa shape index (κ3) is 1.65. The summed E-state index contributed by atoms with van der Waals surface area (Å²) in [6, 6.07) is 4.02. The molecule has 0 N–H and O–H groups in total. The van der Waals surface area contributed by atoms with Crippen LogP contribution in [-0.2, 0) is 5.41 Å². The summed E-state index contributed by atoms with van der Waals surface area (Å²) in [5, 5.41) is 2.03. The smallest absolute Gasteiger partial charge is 0.250 e. The predicted molar refractivity (Wildman–Crippen MR) is 81.7 cm³/mol. The highest BCUT2D eigenvalue weighted by Gasteiger charge is 2.76. The van der Waals surface area contributed by atoms with Gasteiger partial charge in [0.25, 0.3) is 5.88 Å². The molecule has 2 atom stereocenters. The number of hydrogen-bond donors (Lipinski definition) is 0. The molecule has 0 radical (unpaired) electrons. The first-order chi connectivity index (χ1) is 10.4. The van der Waals surface area contributed by atoms with E-state index in [0.717, 1.165) is 34.8 Å². The Hall–Kier alpha value is -1.42. The summed E-state index contributed by atoms with van der Waals surface area (Å²) in [7, 11) is 0. The van der Waals surface area contributed by atoms with Crippen molar-refractivity contribution in [2.45, 2.75) is 5.41 Å². The molecule has 5 heterocycles. The molecule has 0 aromatic carbocycles. The van der Waals surface area contributed by atoms with E-state index in [0.29, 0.717) is 6.61 Å². The topological polar surface area (TPSA) is 38.3 Å². The maximum Gasteiger partial charge on any atom is 0.250 e. The largest absolute Gasteiger partial charge is 0.463 e. The zero-order chi connectivity index (χ0) is 13.9. The average molecular weight is 315 g/mol. The Morgan fingerprint density at radius 1 is 1.38 bits per heavy atom. The number of rotatable bonds is 3. The van der Waals surface area contributed by atoms with Crippen molar-refractivity contribution in [3.8, 4) is 17.7 Å². The van der Waals surface area contributed by atoms with Gasteiger partial charge in [-0.05, 0) is 23.3 Å². The van der Waals surface area contributed by atoms with Crippen LogP contribution in [0.4, 0.5) is 0 Å². The molecule has 4 aliphatic rings. The lowest BCUT2D eigenvalue weighted by Gasteiger charge is -2.09. The molecule has 2 aromatic rings. The van der Waals surface area contributed by atoms with E-state index in [1.165, 1.54) is 24.8 Å². The van der Waals surface area contributed by atoms with Gasteiger partial charge in [0.05, 0.1) is 16.6 Å². The van der Waals surface area contributed by atoms with Gasteiger partial charge in [-0.15, -0.1) is 15.7 Å². The molecule has 2 unspecified atom stereocenters. The molecule has 0 spiro atoms. The minimum atomic E-state index is 0.267. The molecular weight excluding hydrogens is 302 g/mol. The van der Waals surface area contributed by atoms with Gasteiger partial charge in [0.1, 0.15) is 5.69 Å². The fraction of sp³-hybridized carbons (Fsp3) is 0.467. The minimum Gasteiger partial charge on any atom is -0.463 e. The maximum atomic E-state index is 5.80. The van der Waals surface area contributed by atoms with Crippen molar-refractivity contribution < 1.29 is 4.74 Å². The highest BCUT2D eigenvalue weighted by Crippen LogP contribution is 2.70. The normalized spacial score (nSPS) is 34.6. The van der Waals surface area contributed by atoms with Crippen LogP contribution in [0.25, 0.3) is 0 Å². The fourth-order valence-corrected chi connectivity index (χ4v) is 5.29. The second kappa shape index (κ2) is 4.29. The Balaban J connectivity index is 1.32. The monoisotopic (exact) mass is 315 g/mol. The molecule has 106 valence electrons. The molecule has 3 aliphatic heterocycles. The van der Waals surface area contributed by atoms with Crippen molar-refractivity contribution in [1.29, 1.82) is 0 Å². The zero-order valence-electron chi connectivity index (χ0n) is 11.3.